The number of carbonyl (C=O) groups excluding carboxylic acids is 1. The van der Waals surface area contributed by atoms with E-state index < -0.39 is 4.92 Å². The molecule has 7 nitrogen and oxygen atoms in total. The van der Waals surface area contributed by atoms with E-state index >= 15 is 0 Å². The lowest BCUT2D eigenvalue weighted by Crippen LogP contribution is -2.04. The highest BCUT2D eigenvalue weighted by molar-refractivity contribution is 6.31. The number of nitro groups is 1. The van der Waals surface area contributed by atoms with Gasteiger partial charge in [-0.3, -0.25) is 14.9 Å². The van der Waals surface area contributed by atoms with Crippen LogP contribution in [0.1, 0.15) is 35.2 Å². The largest absolute Gasteiger partial charge is 0.494 e. The van der Waals surface area contributed by atoms with Crippen molar-refractivity contribution >= 4 is 34.2 Å². The van der Waals surface area contributed by atoms with Gasteiger partial charge in [0.15, 0.2) is 11.4 Å². The van der Waals surface area contributed by atoms with Crippen molar-refractivity contribution in [2.45, 2.75) is 13.3 Å². The Bertz CT molecular complexity index is 1270. The van der Waals surface area contributed by atoms with Crippen molar-refractivity contribution in [3.05, 3.63) is 99.9 Å². The molecule has 0 aliphatic carbocycles. The Labute approximate surface area is 184 Å². The second-order valence-corrected chi connectivity index (χ2v) is 7.06. The maximum Gasteiger partial charge on any atom is 0.276 e. The smallest absolute Gasteiger partial charge is 0.276 e. The SMILES string of the molecule is CCCOc1ccc(C(=O)/C(=C/c2ccccc2[N+](=O)[O-])c2nc3ccccc3o2)cc1. The minimum Gasteiger partial charge on any atom is -0.494 e. The molecule has 160 valence electrons. The zero-order valence-electron chi connectivity index (χ0n) is 17.4. The summed E-state index contributed by atoms with van der Waals surface area (Å²) in [7, 11) is 0. The number of ether oxygens (including phenoxy) is 1. The third-order valence-electron chi connectivity index (χ3n) is 4.79. The summed E-state index contributed by atoms with van der Waals surface area (Å²) >= 11 is 0. The van der Waals surface area contributed by atoms with Crippen molar-refractivity contribution in [2.75, 3.05) is 6.61 Å². The Balaban J connectivity index is 1.80. The average molecular weight is 428 g/mol. The van der Waals surface area contributed by atoms with Crippen molar-refractivity contribution < 1.29 is 18.9 Å². The first-order valence-corrected chi connectivity index (χ1v) is 10.2. The van der Waals surface area contributed by atoms with Crippen molar-refractivity contribution in [1.82, 2.24) is 4.98 Å². The topological polar surface area (TPSA) is 95.5 Å². The van der Waals surface area contributed by atoms with Gasteiger partial charge in [-0.1, -0.05) is 31.2 Å². The summed E-state index contributed by atoms with van der Waals surface area (Å²) in [4.78, 5) is 28.9. The molecule has 7 heteroatoms. The summed E-state index contributed by atoms with van der Waals surface area (Å²) in [5.41, 5.74) is 1.79. The molecule has 0 unspecified atom stereocenters. The molecular weight excluding hydrogens is 408 g/mol. The van der Waals surface area contributed by atoms with Crippen molar-refractivity contribution in [2.24, 2.45) is 0 Å². The monoisotopic (exact) mass is 428 g/mol. The van der Waals surface area contributed by atoms with Crippen LogP contribution in [0.2, 0.25) is 0 Å². The van der Waals surface area contributed by atoms with E-state index in [1.807, 2.05) is 13.0 Å². The predicted molar refractivity (Wildman–Crippen MR) is 122 cm³/mol. The molecule has 0 spiro atoms. The number of hydrogen-bond acceptors (Lipinski definition) is 6. The minimum atomic E-state index is -0.486. The lowest BCUT2D eigenvalue weighted by molar-refractivity contribution is -0.385. The lowest BCUT2D eigenvalue weighted by atomic mass is 10.00. The zero-order valence-corrected chi connectivity index (χ0v) is 17.4. The number of nitrogens with zero attached hydrogens (tertiary/aromatic N) is 2. The lowest BCUT2D eigenvalue weighted by Gasteiger charge is -2.07. The standard InChI is InChI=1S/C25H20N2O5/c1-2-15-31-19-13-11-17(12-14-19)24(28)20(16-18-7-3-5-9-22(18)27(29)30)25-26-21-8-4-6-10-23(21)32-25/h3-14,16H,2,15H2,1H3/b20-16-. The average Bonchev–Trinajstić information content (AvgIpc) is 3.25. The van der Waals surface area contributed by atoms with Gasteiger partial charge >= 0.3 is 0 Å². The maximum absolute atomic E-state index is 13.5. The van der Waals surface area contributed by atoms with Gasteiger partial charge < -0.3 is 9.15 Å². The third kappa shape index (κ3) is 4.41. The Kier molecular flexibility index (Phi) is 6.07. The quantitative estimate of drug-likeness (QED) is 0.149. The first-order chi connectivity index (χ1) is 15.6. The summed E-state index contributed by atoms with van der Waals surface area (Å²) < 4.78 is 11.4. The minimum absolute atomic E-state index is 0.0978. The van der Waals surface area contributed by atoms with Crippen LogP contribution in [0.15, 0.2) is 77.2 Å². The Morgan fingerprint density at radius 3 is 2.50 bits per heavy atom. The normalized spacial score (nSPS) is 11.5. The van der Waals surface area contributed by atoms with Crippen LogP contribution in [-0.2, 0) is 0 Å². The van der Waals surface area contributed by atoms with E-state index in [2.05, 4.69) is 4.98 Å². The molecule has 0 radical (unpaired) electrons. The molecule has 0 atom stereocenters. The number of Topliss-reactive ketones (excluding diaryl/α,β-unsaturated/α-hetero) is 1. The number of fused-ring (bicyclic) bond motifs is 1. The van der Waals surface area contributed by atoms with E-state index in [0.717, 1.165) is 6.42 Å². The second kappa shape index (κ2) is 9.26. The van der Waals surface area contributed by atoms with Crippen LogP contribution in [0.4, 0.5) is 5.69 Å². The summed E-state index contributed by atoms with van der Waals surface area (Å²) in [5.74, 6) is 0.395. The first-order valence-electron chi connectivity index (χ1n) is 10.2. The van der Waals surface area contributed by atoms with E-state index in [-0.39, 0.29) is 28.5 Å². The molecule has 4 aromatic rings. The predicted octanol–water partition coefficient (Wildman–Crippen LogP) is 5.95. The van der Waals surface area contributed by atoms with Gasteiger partial charge in [-0.05, 0) is 55.0 Å². The van der Waals surface area contributed by atoms with Crippen LogP contribution in [0.5, 0.6) is 5.75 Å². The van der Waals surface area contributed by atoms with Gasteiger partial charge in [0.05, 0.1) is 22.7 Å². The molecule has 1 aromatic heterocycles. The molecular formula is C25H20N2O5. The fraction of sp³-hybridized carbons (Fsp3) is 0.120. The summed E-state index contributed by atoms with van der Waals surface area (Å²) in [6, 6.07) is 20.1. The fourth-order valence-electron chi connectivity index (χ4n) is 3.22. The molecule has 0 bridgehead atoms. The molecule has 0 amide bonds. The fourth-order valence-corrected chi connectivity index (χ4v) is 3.22. The number of nitro benzene ring substituents is 1. The van der Waals surface area contributed by atoms with Crippen molar-refractivity contribution in [3.63, 3.8) is 0 Å². The molecule has 0 fully saturated rings. The number of para-hydroxylation sites is 3. The number of carbonyl (C=O) groups is 1. The van der Waals surface area contributed by atoms with E-state index in [9.17, 15) is 14.9 Å². The molecule has 1 heterocycles. The van der Waals surface area contributed by atoms with Crippen LogP contribution >= 0.6 is 0 Å². The molecule has 0 aliphatic rings. The van der Waals surface area contributed by atoms with Gasteiger partial charge in [0, 0.05) is 11.6 Å². The van der Waals surface area contributed by atoms with Gasteiger partial charge in [-0.2, -0.15) is 0 Å². The van der Waals surface area contributed by atoms with Gasteiger partial charge in [0.25, 0.3) is 5.69 Å². The Morgan fingerprint density at radius 1 is 1.06 bits per heavy atom. The molecule has 3 aromatic carbocycles. The van der Waals surface area contributed by atoms with Crippen molar-refractivity contribution in [3.8, 4) is 5.75 Å². The van der Waals surface area contributed by atoms with Crippen LogP contribution in [0.3, 0.4) is 0 Å². The van der Waals surface area contributed by atoms with E-state index in [1.54, 1.807) is 60.7 Å². The maximum atomic E-state index is 13.5. The molecule has 0 N–H and O–H groups in total. The van der Waals surface area contributed by atoms with Gasteiger partial charge in [0.2, 0.25) is 5.89 Å². The summed E-state index contributed by atoms with van der Waals surface area (Å²) in [5, 5.41) is 11.5. The van der Waals surface area contributed by atoms with Gasteiger partial charge in [0.1, 0.15) is 11.3 Å². The van der Waals surface area contributed by atoms with Gasteiger partial charge in [-0.25, -0.2) is 4.98 Å². The number of aromatic nitrogens is 1. The molecule has 0 saturated carbocycles. The number of allylic oxidation sites excluding steroid dienone is 1. The highest BCUT2D eigenvalue weighted by Gasteiger charge is 2.22. The highest BCUT2D eigenvalue weighted by atomic mass is 16.6. The van der Waals surface area contributed by atoms with E-state index in [0.29, 0.717) is 29.0 Å². The van der Waals surface area contributed by atoms with Crippen molar-refractivity contribution in [1.29, 1.82) is 0 Å². The second-order valence-electron chi connectivity index (χ2n) is 7.06. The van der Waals surface area contributed by atoms with Crippen LogP contribution in [0, 0.1) is 10.1 Å². The molecule has 0 saturated heterocycles. The third-order valence-corrected chi connectivity index (χ3v) is 4.79. The zero-order chi connectivity index (χ0) is 22.5. The van der Waals surface area contributed by atoms with Crippen LogP contribution in [-0.4, -0.2) is 22.3 Å². The van der Waals surface area contributed by atoms with E-state index in [4.69, 9.17) is 9.15 Å². The van der Waals surface area contributed by atoms with Gasteiger partial charge in [-0.15, -0.1) is 0 Å². The van der Waals surface area contributed by atoms with Crippen LogP contribution in [0.25, 0.3) is 22.7 Å². The van der Waals surface area contributed by atoms with E-state index in [1.165, 1.54) is 12.1 Å². The number of hydrogen-bond donors (Lipinski definition) is 0. The number of benzene rings is 3. The first kappa shape index (κ1) is 21.0. The highest BCUT2D eigenvalue weighted by Crippen LogP contribution is 2.29. The molecule has 32 heavy (non-hydrogen) atoms. The Morgan fingerprint density at radius 2 is 1.78 bits per heavy atom. The summed E-state index contributed by atoms with van der Waals surface area (Å²) in [6.07, 6.45) is 2.33. The van der Waals surface area contributed by atoms with Crippen LogP contribution < -0.4 is 4.74 Å². The number of ketones is 1. The summed E-state index contributed by atoms with van der Waals surface area (Å²) in [6.45, 7) is 2.59. The molecule has 0 aliphatic heterocycles. The molecule has 4 rings (SSSR count). The Hall–Kier alpha value is -4.26. The number of oxazole rings is 1. The number of rotatable bonds is 8.